The summed E-state index contributed by atoms with van der Waals surface area (Å²) < 4.78 is -1.38. The minimum atomic E-state index is -1.38. The van der Waals surface area contributed by atoms with Crippen molar-refractivity contribution in [3.63, 3.8) is 0 Å². The van der Waals surface area contributed by atoms with E-state index in [1.54, 1.807) is 31.2 Å². The van der Waals surface area contributed by atoms with Crippen molar-refractivity contribution in [2.45, 2.75) is 10.7 Å². The zero-order valence-electron chi connectivity index (χ0n) is 7.01. The summed E-state index contributed by atoms with van der Waals surface area (Å²) in [5.74, 6) is -0.194. The number of carbonyl (C=O) groups is 1. The average Bonchev–Trinajstić information content (AvgIpc) is 2.04. The highest BCUT2D eigenvalue weighted by Gasteiger charge is 2.41. The molecule has 0 unspecified atom stereocenters. The van der Waals surface area contributed by atoms with Crippen LogP contribution in [-0.4, -0.2) is 10.1 Å². The molecule has 0 amide bonds. The Hall–Kier alpha value is 0.0200. The number of hydrogen-bond acceptors (Lipinski definition) is 1. The van der Waals surface area contributed by atoms with Crippen LogP contribution >= 0.6 is 34.8 Å². The van der Waals surface area contributed by atoms with Crippen molar-refractivity contribution >= 4 is 41.1 Å². The SMILES string of the molecule is CC1(C(Cl)(Cl)Cl)C=CC(C=O)C=C1. The molecular formula is C9H9Cl3O. The van der Waals surface area contributed by atoms with Gasteiger partial charge in [0.15, 0.2) is 0 Å². The minimum absolute atomic E-state index is 0.194. The van der Waals surface area contributed by atoms with Crippen LogP contribution < -0.4 is 0 Å². The van der Waals surface area contributed by atoms with Crippen LogP contribution in [0.25, 0.3) is 0 Å². The van der Waals surface area contributed by atoms with E-state index in [0.717, 1.165) is 6.29 Å². The predicted molar refractivity (Wildman–Crippen MR) is 56.2 cm³/mol. The van der Waals surface area contributed by atoms with Crippen molar-refractivity contribution in [3.8, 4) is 0 Å². The van der Waals surface area contributed by atoms with E-state index < -0.39 is 9.21 Å². The van der Waals surface area contributed by atoms with Gasteiger partial charge >= 0.3 is 0 Å². The van der Waals surface area contributed by atoms with Crippen LogP contribution in [0.15, 0.2) is 24.3 Å². The highest BCUT2D eigenvalue weighted by atomic mass is 35.6. The Morgan fingerprint density at radius 3 is 2.08 bits per heavy atom. The molecule has 1 rings (SSSR count). The fraction of sp³-hybridized carbons (Fsp3) is 0.444. The fourth-order valence-electron chi connectivity index (χ4n) is 1.02. The molecule has 0 heterocycles. The maximum atomic E-state index is 10.4. The quantitative estimate of drug-likeness (QED) is 0.390. The minimum Gasteiger partial charge on any atom is -0.302 e. The number of allylic oxidation sites excluding steroid dienone is 4. The molecule has 0 atom stereocenters. The van der Waals surface area contributed by atoms with E-state index in [9.17, 15) is 4.79 Å². The molecule has 0 aromatic carbocycles. The number of halogens is 3. The molecule has 0 N–H and O–H groups in total. The maximum Gasteiger partial charge on any atom is 0.202 e. The largest absolute Gasteiger partial charge is 0.302 e. The number of carbonyl (C=O) groups excluding carboxylic acids is 1. The van der Waals surface area contributed by atoms with E-state index >= 15 is 0 Å². The molecule has 0 fully saturated rings. The molecule has 1 aliphatic carbocycles. The van der Waals surface area contributed by atoms with E-state index in [1.165, 1.54) is 0 Å². The van der Waals surface area contributed by atoms with Gasteiger partial charge in [0, 0.05) is 0 Å². The second-order valence-corrected chi connectivity index (χ2v) is 5.49. The first-order valence-electron chi connectivity index (χ1n) is 3.80. The maximum absolute atomic E-state index is 10.4. The normalized spacial score (nSPS) is 33.4. The van der Waals surface area contributed by atoms with Crippen LogP contribution in [0.2, 0.25) is 0 Å². The van der Waals surface area contributed by atoms with Crippen LogP contribution in [0.4, 0.5) is 0 Å². The Morgan fingerprint density at radius 2 is 1.77 bits per heavy atom. The number of aldehydes is 1. The highest BCUT2D eigenvalue weighted by molar-refractivity contribution is 6.68. The molecule has 0 bridgehead atoms. The fourth-order valence-corrected chi connectivity index (χ4v) is 1.40. The van der Waals surface area contributed by atoms with Crippen molar-refractivity contribution in [1.82, 2.24) is 0 Å². The van der Waals surface area contributed by atoms with Gasteiger partial charge in [-0.15, -0.1) is 0 Å². The topological polar surface area (TPSA) is 17.1 Å². The molecule has 13 heavy (non-hydrogen) atoms. The second-order valence-electron chi connectivity index (χ2n) is 3.21. The third-order valence-electron chi connectivity index (χ3n) is 2.10. The molecular weight excluding hydrogens is 230 g/mol. The lowest BCUT2D eigenvalue weighted by Crippen LogP contribution is -2.30. The summed E-state index contributed by atoms with van der Waals surface area (Å²) in [7, 11) is 0. The van der Waals surface area contributed by atoms with E-state index in [1.807, 2.05) is 0 Å². The van der Waals surface area contributed by atoms with Crippen molar-refractivity contribution in [1.29, 1.82) is 0 Å². The van der Waals surface area contributed by atoms with E-state index in [2.05, 4.69) is 0 Å². The first kappa shape index (κ1) is 11.1. The van der Waals surface area contributed by atoms with E-state index in [0.29, 0.717) is 0 Å². The zero-order chi connectivity index (χ0) is 10.1. The standard InChI is InChI=1S/C9H9Cl3O/c1-8(9(10,11)12)4-2-7(6-13)3-5-8/h2-7H,1H3. The van der Waals surface area contributed by atoms with Gasteiger partial charge in [0.25, 0.3) is 0 Å². The summed E-state index contributed by atoms with van der Waals surface area (Å²) in [5.41, 5.74) is -0.628. The number of alkyl halides is 3. The number of rotatable bonds is 1. The lowest BCUT2D eigenvalue weighted by molar-refractivity contribution is -0.108. The summed E-state index contributed by atoms with van der Waals surface area (Å²) in [4.78, 5) is 10.4. The molecule has 72 valence electrons. The van der Waals surface area contributed by atoms with Crippen LogP contribution in [-0.2, 0) is 4.79 Å². The molecule has 0 saturated heterocycles. The van der Waals surface area contributed by atoms with Crippen LogP contribution in [0.5, 0.6) is 0 Å². The van der Waals surface area contributed by atoms with Gasteiger partial charge in [-0.1, -0.05) is 59.1 Å². The Kier molecular flexibility index (Phi) is 3.11. The van der Waals surface area contributed by atoms with Gasteiger partial charge in [-0.05, 0) is 6.92 Å². The van der Waals surface area contributed by atoms with Gasteiger partial charge in [-0.2, -0.15) is 0 Å². The van der Waals surface area contributed by atoms with Crippen molar-refractivity contribution < 1.29 is 4.79 Å². The van der Waals surface area contributed by atoms with Crippen molar-refractivity contribution in [3.05, 3.63) is 24.3 Å². The molecule has 1 nitrogen and oxygen atoms in total. The smallest absolute Gasteiger partial charge is 0.202 e. The van der Waals surface area contributed by atoms with Gasteiger partial charge in [0.05, 0.1) is 11.3 Å². The predicted octanol–water partition coefficient (Wildman–Crippen LogP) is 3.30. The molecule has 0 aromatic rings. The summed E-state index contributed by atoms with van der Waals surface area (Å²) in [5, 5.41) is 0. The highest BCUT2D eigenvalue weighted by Crippen LogP contribution is 2.48. The van der Waals surface area contributed by atoms with Crippen molar-refractivity contribution in [2.24, 2.45) is 11.3 Å². The van der Waals surface area contributed by atoms with E-state index in [-0.39, 0.29) is 5.92 Å². The monoisotopic (exact) mass is 238 g/mol. The summed E-state index contributed by atoms with van der Waals surface area (Å²) in [6.07, 6.45) is 7.80. The number of hydrogen-bond donors (Lipinski definition) is 0. The van der Waals surface area contributed by atoms with Gasteiger partial charge in [0.2, 0.25) is 3.79 Å². The lowest BCUT2D eigenvalue weighted by atomic mass is 9.85. The van der Waals surface area contributed by atoms with Crippen LogP contribution in [0.1, 0.15) is 6.92 Å². The molecule has 0 saturated carbocycles. The molecule has 1 aliphatic rings. The van der Waals surface area contributed by atoms with Gasteiger partial charge in [-0.25, -0.2) is 0 Å². The van der Waals surface area contributed by atoms with Gasteiger partial charge in [0.1, 0.15) is 6.29 Å². The molecule has 0 spiro atoms. The first-order chi connectivity index (χ1) is 5.89. The van der Waals surface area contributed by atoms with Gasteiger partial charge in [-0.3, -0.25) is 0 Å². The Labute approximate surface area is 92.3 Å². The van der Waals surface area contributed by atoms with Crippen LogP contribution in [0, 0.1) is 11.3 Å². The lowest BCUT2D eigenvalue weighted by Gasteiger charge is -2.32. The molecule has 4 heteroatoms. The molecule has 0 aliphatic heterocycles. The molecule has 0 radical (unpaired) electrons. The molecule has 0 aromatic heterocycles. The van der Waals surface area contributed by atoms with Gasteiger partial charge < -0.3 is 4.79 Å². The van der Waals surface area contributed by atoms with Crippen molar-refractivity contribution in [2.75, 3.05) is 0 Å². The first-order valence-corrected chi connectivity index (χ1v) is 4.93. The summed E-state index contributed by atoms with van der Waals surface area (Å²) in [6.45, 7) is 1.80. The van der Waals surface area contributed by atoms with E-state index in [4.69, 9.17) is 34.8 Å². The Balaban J connectivity index is 2.89. The third-order valence-corrected chi connectivity index (χ3v) is 3.32. The Morgan fingerprint density at radius 1 is 1.31 bits per heavy atom. The Bertz CT molecular complexity index is 249. The summed E-state index contributed by atoms with van der Waals surface area (Å²) in [6, 6.07) is 0. The summed E-state index contributed by atoms with van der Waals surface area (Å²) >= 11 is 17.4. The second kappa shape index (κ2) is 3.64. The third kappa shape index (κ3) is 2.28. The zero-order valence-corrected chi connectivity index (χ0v) is 9.27. The average molecular weight is 240 g/mol. The van der Waals surface area contributed by atoms with Crippen LogP contribution in [0.3, 0.4) is 0 Å².